The molecule has 0 radical (unpaired) electrons. The molecule has 3 nitrogen and oxygen atoms in total. The fraction of sp³-hybridized carbons (Fsp3) is 0. The van der Waals surface area contributed by atoms with E-state index in [0.29, 0.717) is 0 Å². The van der Waals surface area contributed by atoms with Crippen molar-refractivity contribution in [2.24, 2.45) is 0 Å². The molecule has 0 bridgehead atoms. The third kappa shape index (κ3) is 68.8. The van der Waals surface area contributed by atoms with Crippen LogP contribution < -0.4 is 9.79 Å². The van der Waals surface area contributed by atoms with Gasteiger partial charge in [0, 0.05) is 0 Å². The Morgan fingerprint density at radius 2 is 1.40 bits per heavy atom. The summed E-state index contributed by atoms with van der Waals surface area (Å²) in [5, 5.41) is 0. The molecule has 0 heterocycles. The second-order valence-electron chi connectivity index (χ2n) is 0.224. The van der Waals surface area contributed by atoms with E-state index in [1.54, 1.807) is 0 Å². The molecule has 5 heavy (non-hydrogen) atoms. The Hall–Kier alpha value is 0.708. The van der Waals surface area contributed by atoms with Crippen molar-refractivity contribution in [3.63, 3.8) is 0 Å². The van der Waals surface area contributed by atoms with Crippen molar-refractivity contribution in [3.05, 3.63) is 0 Å². The molecule has 0 fully saturated rings. The van der Waals surface area contributed by atoms with Gasteiger partial charge in [-0.1, -0.05) is 4.57 Å². The molecule has 0 aromatic rings. The fourth-order valence-corrected chi connectivity index (χ4v) is 0. The molecule has 0 amide bonds. The summed E-state index contributed by atoms with van der Waals surface area (Å²) in [6, 6.07) is 0. The summed E-state index contributed by atoms with van der Waals surface area (Å²) in [5.41, 5.74) is 0. The van der Waals surface area contributed by atoms with E-state index in [9.17, 15) is 0 Å². The van der Waals surface area contributed by atoms with Crippen molar-refractivity contribution in [1.29, 1.82) is 0 Å². The molecule has 0 aromatic carbocycles. The van der Waals surface area contributed by atoms with Crippen molar-refractivity contribution in [2.45, 2.75) is 0 Å². The van der Waals surface area contributed by atoms with Crippen molar-refractivity contribution < 1.29 is 35.4 Å². The molecule has 0 aliphatic carbocycles. The van der Waals surface area contributed by atoms with Gasteiger partial charge in [-0.2, -0.15) is 0 Å². The summed E-state index contributed by atoms with van der Waals surface area (Å²) in [5.74, 6) is 0. The van der Waals surface area contributed by atoms with Crippen LogP contribution in [0.3, 0.4) is 0 Å². The van der Waals surface area contributed by atoms with Crippen LogP contribution in [0.1, 0.15) is 0 Å². The third-order valence-corrected chi connectivity index (χ3v) is 0. The van der Waals surface area contributed by atoms with Gasteiger partial charge in [0.05, 0.1) is 0 Å². The van der Waals surface area contributed by atoms with Gasteiger partial charge < -0.3 is 9.79 Å². The maximum absolute atomic E-state index is 8.48. The Balaban J connectivity index is 0. The van der Waals surface area contributed by atoms with Gasteiger partial charge in [0.15, 0.2) is 0 Å². The largest absolute Gasteiger partial charge is 2.00 e. The third-order valence-electron chi connectivity index (χ3n) is 0. The van der Waals surface area contributed by atoms with Gasteiger partial charge in [-0.15, -0.1) is 0 Å². The van der Waals surface area contributed by atoms with E-state index in [4.69, 9.17) is 14.4 Å². The average Bonchev–Trinajstić information content (AvgIpc) is 0.811. The molecule has 0 saturated heterocycles. The summed E-state index contributed by atoms with van der Waals surface area (Å²) in [7, 11) is -3.37. The Morgan fingerprint density at radius 3 is 1.40 bits per heavy atom. The van der Waals surface area contributed by atoms with E-state index in [1.165, 1.54) is 0 Å². The van der Waals surface area contributed by atoms with E-state index in [-0.39, 0.29) is 21.1 Å². The van der Waals surface area contributed by atoms with Crippen LogP contribution in [0.25, 0.3) is 0 Å². The van der Waals surface area contributed by atoms with Gasteiger partial charge in [-0.3, -0.25) is 0 Å². The molecule has 5 heteroatoms. The van der Waals surface area contributed by atoms with Gasteiger partial charge in [0.25, 0.3) is 8.25 Å². The number of hydrogen-bond donors (Lipinski definition) is 0. The zero-order chi connectivity index (χ0) is 3.58. The van der Waals surface area contributed by atoms with Crippen LogP contribution in [0.5, 0.6) is 0 Å². The first-order chi connectivity index (χ1) is 1.73. The van der Waals surface area contributed by atoms with E-state index in [1.807, 2.05) is 0 Å². The van der Waals surface area contributed by atoms with Crippen LogP contribution in [0.4, 0.5) is 0 Å². The van der Waals surface area contributed by atoms with Crippen LogP contribution in [0.15, 0.2) is 0 Å². The maximum atomic E-state index is 8.48. The Bertz CT molecular complexity index is 29.9. The Morgan fingerprint density at radius 1 is 1.40 bits per heavy atom. The summed E-state index contributed by atoms with van der Waals surface area (Å²) < 4.78 is 8.48. The molecular formula is O3PW+. The molecule has 0 N–H and O–H groups in total. The summed E-state index contributed by atoms with van der Waals surface area (Å²) >= 11 is 0. The minimum absolute atomic E-state index is 0. The van der Waals surface area contributed by atoms with E-state index in [0.717, 1.165) is 0 Å². The predicted octanol–water partition coefficient (Wildman–Crippen LogP) is -1.64. The van der Waals surface area contributed by atoms with Crippen LogP contribution in [-0.4, -0.2) is 0 Å². The van der Waals surface area contributed by atoms with Crippen molar-refractivity contribution >= 4 is 8.25 Å². The molecule has 0 unspecified atom stereocenters. The zero-order valence-electron chi connectivity index (χ0n) is 2.08. The van der Waals surface area contributed by atoms with E-state index < -0.39 is 8.25 Å². The van der Waals surface area contributed by atoms with Gasteiger partial charge >= 0.3 is 21.1 Å². The van der Waals surface area contributed by atoms with Crippen LogP contribution >= 0.6 is 8.25 Å². The molecule has 0 spiro atoms. The molecule has 28 valence electrons. The minimum atomic E-state index is -3.37. The van der Waals surface area contributed by atoms with Crippen LogP contribution in [-0.2, 0) is 25.6 Å². The van der Waals surface area contributed by atoms with Gasteiger partial charge in [-0.25, -0.2) is 0 Å². The first-order valence-electron chi connectivity index (χ1n) is 0.548. The monoisotopic (exact) mass is 263 g/mol. The normalized spacial score (nSPS) is 5.20. The standard InChI is InChI=1S/HO3P.W/c1-4(2)3;/h(H,1,2,3);/q;+2/p-1. The topological polar surface area (TPSA) is 63.2 Å². The molecule has 0 aromatic heterocycles. The smallest absolute Gasteiger partial charge is 0.598 e. The van der Waals surface area contributed by atoms with Crippen molar-refractivity contribution in [2.75, 3.05) is 0 Å². The minimum Gasteiger partial charge on any atom is -0.598 e. The van der Waals surface area contributed by atoms with Crippen molar-refractivity contribution in [1.82, 2.24) is 0 Å². The molecule has 0 atom stereocenters. The van der Waals surface area contributed by atoms with E-state index >= 15 is 0 Å². The van der Waals surface area contributed by atoms with Crippen LogP contribution in [0, 0.1) is 0 Å². The second kappa shape index (κ2) is 4.71. The fourth-order valence-electron chi connectivity index (χ4n) is 0. The molecule has 0 rings (SSSR count). The first-order valence-corrected chi connectivity index (χ1v) is 1.64. The average molecular weight is 263 g/mol. The number of rotatable bonds is 0. The zero-order valence-corrected chi connectivity index (χ0v) is 5.91. The predicted molar refractivity (Wildman–Crippen MR) is 7.61 cm³/mol. The van der Waals surface area contributed by atoms with E-state index in [2.05, 4.69) is 0 Å². The second-order valence-corrected chi connectivity index (χ2v) is 0.671. The summed E-state index contributed by atoms with van der Waals surface area (Å²) in [6.07, 6.45) is 0. The molecule has 0 aliphatic rings. The maximum Gasteiger partial charge on any atom is 2.00 e. The molecular weight excluding hydrogens is 263 g/mol. The molecule has 0 aliphatic heterocycles. The van der Waals surface area contributed by atoms with Crippen molar-refractivity contribution in [3.8, 4) is 0 Å². The van der Waals surface area contributed by atoms with Gasteiger partial charge in [-0.05, 0) is 0 Å². The quantitative estimate of drug-likeness (QED) is 0.492. The first kappa shape index (κ1) is 9.20. The van der Waals surface area contributed by atoms with Crippen LogP contribution in [0.2, 0.25) is 0 Å². The Kier molecular flexibility index (Phi) is 8.67. The van der Waals surface area contributed by atoms with Gasteiger partial charge in [0.2, 0.25) is 0 Å². The number of hydrogen-bond acceptors (Lipinski definition) is 3. The molecule has 0 saturated carbocycles. The Labute approximate surface area is 44.2 Å². The summed E-state index contributed by atoms with van der Waals surface area (Å²) in [6.45, 7) is 0. The SMILES string of the molecule is O=[P+]([O-])[O-].[W+2]. The summed E-state index contributed by atoms with van der Waals surface area (Å²) in [4.78, 5) is 17.0. The van der Waals surface area contributed by atoms with Gasteiger partial charge in [0.1, 0.15) is 0 Å².